The maximum Gasteiger partial charge on any atom is 0.0589 e. The van der Waals surface area contributed by atoms with E-state index in [0.717, 1.165) is 13.2 Å². The standard InChI is InChI=1S/C9H20N2O/c1-3-10-4-6-11(7-5-10)8-9-12-2/h3-9H2,1-2H3. The lowest BCUT2D eigenvalue weighted by molar-refractivity contribution is 0.0995. The summed E-state index contributed by atoms with van der Waals surface area (Å²) in [6, 6.07) is 0. The van der Waals surface area contributed by atoms with Crippen molar-refractivity contribution in [1.29, 1.82) is 0 Å². The van der Waals surface area contributed by atoms with Crippen molar-refractivity contribution in [2.24, 2.45) is 0 Å². The number of rotatable bonds is 4. The summed E-state index contributed by atoms with van der Waals surface area (Å²) < 4.78 is 5.04. The zero-order chi connectivity index (χ0) is 8.81. The summed E-state index contributed by atoms with van der Waals surface area (Å²) in [5.74, 6) is 0. The van der Waals surface area contributed by atoms with Crippen LogP contribution in [0.25, 0.3) is 0 Å². The molecule has 0 aromatic rings. The molecule has 1 saturated heterocycles. The molecule has 12 heavy (non-hydrogen) atoms. The highest BCUT2D eigenvalue weighted by molar-refractivity contribution is 4.70. The minimum absolute atomic E-state index is 0.867. The van der Waals surface area contributed by atoms with Gasteiger partial charge in [0.05, 0.1) is 6.61 Å². The largest absolute Gasteiger partial charge is 0.383 e. The van der Waals surface area contributed by atoms with E-state index in [1.807, 2.05) is 0 Å². The van der Waals surface area contributed by atoms with Crippen LogP contribution in [0.5, 0.6) is 0 Å². The van der Waals surface area contributed by atoms with E-state index < -0.39 is 0 Å². The van der Waals surface area contributed by atoms with Gasteiger partial charge in [-0.05, 0) is 6.54 Å². The van der Waals surface area contributed by atoms with E-state index in [0.29, 0.717) is 0 Å². The van der Waals surface area contributed by atoms with Crippen molar-refractivity contribution in [3.8, 4) is 0 Å². The zero-order valence-corrected chi connectivity index (χ0v) is 8.25. The Morgan fingerprint density at radius 1 is 1.08 bits per heavy atom. The first-order chi connectivity index (χ1) is 5.86. The molecule has 0 N–H and O–H groups in total. The van der Waals surface area contributed by atoms with Gasteiger partial charge >= 0.3 is 0 Å². The highest BCUT2D eigenvalue weighted by Crippen LogP contribution is 1.99. The molecule has 0 bridgehead atoms. The van der Waals surface area contributed by atoms with E-state index in [-0.39, 0.29) is 0 Å². The molecule has 0 radical (unpaired) electrons. The topological polar surface area (TPSA) is 15.7 Å². The molecule has 0 aliphatic carbocycles. The number of nitrogens with zero attached hydrogens (tertiary/aromatic N) is 2. The Morgan fingerprint density at radius 2 is 1.67 bits per heavy atom. The normalized spacial score (nSPS) is 21.5. The maximum absolute atomic E-state index is 5.04. The van der Waals surface area contributed by atoms with Crippen LogP contribution in [0.4, 0.5) is 0 Å². The zero-order valence-electron chi connectivity index (χ0n) is 8.25. The summed E-state index contributed by atoms with van der Waals surface area (Å²) >= 11 is 0. The van der Waals surface area contributed by atoms with Crippen molar-refractivity contribution in [1.82, 2.24) is 9.80 Å². The lowest BCUT2D eigenvalue weighted by Crippen LogP contribution is -2.46. The van der Waals surface area contributed by atoms with Gasteiger partial charge in [-0.15, -0.1) is 0 Å². The van der Waals surface area contributed by atoms with Crippen LogP contribution in [0.15, 0.2) is 0 Å². The third-order valence-electron chi connectivity index (χ3n) is 2.52. The lowest BCUT2D eigenvalue weighted by atomic mass is 10.3. The number of piperazine rings is 1. The Kier molecular flexibility index (Phi) is 4.58. The lowest BCUT2D eigenvalue weighted by Gasteiger charge is -2.33. The molecule has 1 rings (SSSR count). The smallest absolute Gasteiger partial charge is 0.0589 e. The van der Waals surface area contributed by atoms with Crippen molar-refractivity contribution in [2.45, 2.75) is 6.92 Å². The fourth-order valence-electron chi connectivity index (χ4n) is 1.55. The number of ether oxygens (including phenoxy) is 1. The Hall–Kier alpha value is -0.120. The average molecular weight is 172 g/mol. The average Bonchev–Trinajstić information content (AvgIpc) is 2.15. The first-order valence-corrected chi connectivity index (χ1v) is 4.80. The second kappa shape index (κ2) is 5.51. The van der Waals surface area contributed by atoms with Gasteiger partial charge in [-0.1, -0.05) is 6.92 Å². The summed E-state index contributed by atoms with van der Waals surface area (Å²) in [6.07, 6.45) is 0. The Labute approximate surface area is 75.3 Å². The fraction of sp³-hybridized carbons (Fsp3) is 1.00. The molecule has 1 aliphatic heterocycles. The Balaban J connectivity index is 2.09. The van der Waals surface area contributed by atoms with Gasteiger partial charge in [-0.2, -0.15) is 0 Å². The molecule has 1 heterocycles. The molecule has 0 amide bonds. The van der Waals surface area contributed by atoms with Crippen molar-refractivity contribution in [3.63, 3.8) is 0 Å². The fourth-order valence-corrected chi connectivity index (χ4v) is 1.55. The third-order valence-corrected chi connectivity index (χ3v) is 2.52. The van der Waals surface area contributed by atoms with E-state index in [1.165, 1.54) is 32.7 Å². The molecular weight excluding hydrogens is 152 g/mol. The van der Waals surface area contributed by atoms with Gasteiger partial charge in [-0.25, -0.2) is 0 Å². The predicted molar refractivity (Wildman–Crippen MR) is 50.4 cm³/mol. The number of likely N-dealkylation sites (N-methyl/N-ethyl adjacent to an activating group) is 1. The van der Waals surface area contributed by atoms with Gasteiger partial charge in [0, 0.05) is 39.8 Å². The predicted octanol–water partition coefficient (Wildman–Crippen LogP) is 0.270. The van der Waals surface area contributed by atoms with Crippen LogP contribution >= 0.6 is 0 Å². The van der Waals surface area contributed by atoms with Crippen molar-refractivity contribution in [2.75, 3.05) is 53.0 Å². The van der Waals surface area contributed by atoms with E-state index >= 15 is 0 Å². The second-order valence-electron chi connectivity index (χ2n) is 3.27. The monoisotopic (exact) mass is 172 g/mol. The molecule has 0 spiro atoms. The van der Waals surface area contributed by atoms with E-state index in [2.05, 4.69) is 16.7 Å². The summed E-state index contributed by atoms with van der Waals surface area (Å²) in [5.41, 5.74) is 0. The summed E-state index contributed by atoms with van der Waals surface area (Å²) in [7, 11) is 1.77. The molecule has 0 aromatic carbocycles. The summed E-state index contributed by atoms with van der Waals surface area (Å²) in [6.45, 7) is 10.2. The van der Waals surface area contributed by atoms with Crippen LogP contribution < -0.4 is 0 Å². The minimum atomic E-state index is 0.867. The molecule has 0 saturated carbocycles. The molecular formula is C9H20N2O. The van der Waals surface area contributed by atoms with Crippen molar-refractivity contribution >= 4 is 0 Å². The van der Waals surface area contributed by atoms with Gasteiger partial charge in [0.1, 0.15) is 0 Å². The maximum atomic E-state index is 5.04. The first-order valence-electron chi connectivity index (χ1n) is 4.80. The second-order valence-corrected chi connectivity index (χ2v) is 3.27. The first kappa shape index (κ1) is 9.96. The number of hydrogen-bond acceptors (Lipinski definition) is 3. The molecule has 1 aliphatic rings. The van der Waals surface area contributed by atoms with Gasteiger partial charge in [0.25, 0.3) is 0 Å². The SMILES string of the molecule is CCN1CCN(CCOC)CC1. The molecule has 1 fully saturated rings. The summed E-state index contributed by atoms with van der Waals surface area (Å²) in [5, 5.41) is 0. The highest BCUT2D eigenvalue weighted by Gasteiger charge is 2.14. The molecule has 0 atom stereocenters. The number of methoxy groups -OCH3 is 1. The van der Waals surface area contributed by atoms with Crippen LogP contribution in [0.2, 0.25) is 0 Å². The van der Waals surface area contributed by atoms with Crippen LogP contribution in [0, 0.1) is 0 Å². The van der Waals surface area contributed by atoms with Crippen molar-refractivity contribution in [3.05, 3.63) is 0 Å². The minimum Gasteiger partial charge on any atom is -0.383 e. The molecule has 3 heteroatoms. The molecule has 0 aromatic heterocycles. The molecule has 3 nitrogen and oxygen atoms in total. The van der Waals surface area contributed by atoms with E-state index in [4.69, 9.17) is 4.74 Å². The van der Waals surface area contributed by atoms with E-state index in [1.54, 1.807) is 7.11 Å². The van der Waals surface area contributed by atoms with Crippen LogP contribution in [-0.2, 0) is 4.74 Å². The summed E-state index contributed by atoms with van der Waals surface area (Å²) in [4.78, 5) is 4.96. The molecule has 72 valence electrons. The van der Waals surface area contributed by atoms with E-state index in [9.17, 15) is 0 Å². The van der Waals surface area contributed by atoms with Crippen molar-refractivity contribution < 1.29 is 4.74 Å². The van der Waals surface area contributed by atoms with Crippen LogP contribution in [-0.4, -0.2) is 62.8 Å². The van der Waals surface area contributed by atoms with Crippen LogP contribution in [0.3, 0.4) is 0 Å². The quantitative estimate of drug-likeness (QED) is 0.605. The Morgan fingerprint density at radius 3 is 2.17 bits per heavy atom. The van der Waals surface area contributed by atoms with Crippen LogP contribution in [0.1, 0.15) is 6.92 Å². The molecule has 0 unspecified atom stereocenters. The highest BCUT2D eigenvalue weighted by atomic mass is 16.5. The number of hydrogen-bond donors (Lipinski definition) is 0. The Bertz CT molecular complexity index is 111. The van der Waals surface area contributed by atoms with Gasteiger partial charge in [0.2, 0.25) is 0 Å². The third kappa shape index (κ3) is 3.09. The van der Waals surface area contributed by atoms with Gasteiger partial charge < -0.3 is 9.64 Å². The van der Waals surface area contributed by atoms with Gasteiger partial charge in [0.15, 0.2) is 0 Å². The van der Waals surface area contributed by atoms with Gasteiger partial charge in [-0.3, -0.25) is 4.90 Å².